The van der Waals surface area contributed by atoms with Crippen molar-refractivity contribution in [1.29, 1.82) is 0 Å². The van der Waals surface area contributed by atoms with E-state index in [2.05, 4.69) is 28.7 Å². The van der Waals surface area contributed by atoms with Gasteiger partial charge in [0.05, 0.1) is 6.61 Å². The van der Waals surface area contributed by atoms with Crippen LogP contribution in [0.1, 0.15) is 6.92 Å². The number of carbonyl (C=O) groups excluding carboxylic acids is 1. The number of hydrogen-bond acceptors (Lipinski definition) is 5. The molecule has 0 aromatic rings. The van der Waals surface area contributed by atoms with Crippen molar-refractivity contribution in [2.45, 2.75) is 6.92 Å². The zero-order valence-corrected chi connectivity index (χ0v) is 7.40. The van der Waals surface area contributed by atoms with E-state index < -0.39 is 12.1 Å². The minimum absolute atomic E-state index is 0.356. The number of carboxylic acids is 1. The summed E-state index contributed by atoms with van der Waals surface area (Å²) in [5.74, 6) is 7.02. The van der Waals surface area contributed by atoms with Crippen LogP contribution in [0.2, 0.25) is 0 Å². The molecule has 0 unspecified atom stereocenters. The molecule has 0 aromatic heterocycles. The van der Waals surface area contributed by atoms with Gasteiger partial charge in [-0.1, -0.05) is 6.58 Å². The average molecular weight is 193 g/mol. The maximum absolute atomic E-state index is 9.60. The van der Waals surface area contributed by atoms with Crippen LogP contribution < -0.4 is 17.4 Å². The zero-order valence-electron chi connectivity index (χ0n) is 7.40. The number of amides is 1. The van der Waals surface area contributed by atoms with E-state index in [0.717, 1.165) is 6.08 Å². The lowest BCUT2D eigenvalue weighted by molar-refractivity contribution is -0.131. The highest BCUT2D eigenvalue weighted by Crippen LogP contribution is 1.66. The first-order valence-corrected chi connectivity index (χ1v) is 3.15. The topological polar surface area (TPSA) is 142 Å². The Balaban J connectivity index is -0.000000131. The molecule has 0 aliphatic rings. The van der Waals surface area contributed by atoms with E-state index in [1.54, 1.807) is 6.92 Å². The van der Waals surface area contributed by atoms with Gasteiger partial charge >= 0.3 is 12.1 Å². The van der Waals surface area contributed by atoms with Crippen molar-refractivity contribution in [2.24, 2.45) is 17.4 Å². The highest BCUT2D eigenvalue weighted by molar-refractivity contribution is 5.78. The van der Waals surface area contributed by atoms with E-state index in [1.807, 2.05) is 0 Å². The molecule has 0 saturated heterocycles. The maximum Gasteiger partial charge on any atom is 0.404 e. The highest BCUT2D eigenvalue weighted by Gasteiger charge is 1.82. The molecule has 0 saturated carbocycles. The van der Waals surface area contributed by atoms with Crippen molar-refractivity contribution in [3.05, 3.63) is 12.7 Å². The maximum atomic E-state index is 9.60. The molecule has 0 aliphatic carbocycles. The first-order valence-electron chi connectivity index (χ1n) is 3.15. The van der Waals surface area contributed by atoms with Crippen molar-refractivity contribution >= 4 is 12.1 Å². The summed E-state index contributed by atoms with van der Waals surface area (Å²) in [5, 5.41) is 7.60. The zero-order chi connectivity index (χ0) is 11.3. The molecule has 0 spiro atoms. The van der Waals surface area contributed by atoms with Gasteiger partial charge < -0.3 is 15.6 Å². The van der Waals surface area contributed by atoms with Crippen molar-refractivity contribution in [3.8, 4) is 0 Å². The summed E-state index contributed by atoms with van der Waals surface area (Å²) in [4.78, 5) is 18.8. The first kappa shape index (κ1) is 17.5. The van der Waals surface area contributed by atoms with Crippen LogP contribution in [0.5, 0.6) is 0 Å². The fourth-order valence-electron chi connectivity index (χ4n) is 0.142. The summed E-state index contributed by atoms with van der Waals surface area (Å²) in [7, 11) is 0. The van der Waals surface area contributed by atoms with Crippen LogP contribution in [0.25, 0.3) is 0 Å². The third-order valence-electron chi connectivity index (χ3n) is 0.461. The molecule has 7 heteroatoms. The second kappa shape index (κ2) is 16.8. The molecule has 0 bridgehead atoms. The number of primary amides is 1. The highest BCUT2D eigenvalue weighted by atomic mass is 16.5. The van der Waals surface area contributed by atoms with E-state index in [1.165, 1.54) is 0 Å². The fraction of sp³-hybridized carbons (Fsp3) is 0.333. The smallest absolute Gasteiger partial charge is 0.404 e. The summed E-state index contributed by atoms with van der Waals surface area (Å²) < 4.78 is 4.18. The van der Waals surface area contributed by atoms with Gasteiger partial charge in [0.25, 0.3) is 0 Å². The summed E-state index contributed by atoms with van der Waals surface area (Å²) in [6.07, 6.45) is 0.123. The van der Waals surface area contributed by atoms with Gasteiger partial charge in [0.1, 0.15) is 0 Å². The van der Waals surface area contributed by atoms with Crippen LogP contribution in [-0.2, 0) is 9.53 Å². The number of ether oxygens (including phenoxy) is 1. The van der Waals surface area contributed by atoms with Crippen molar-refractivity contribution in [3.63, 3.8) is 0 Å². The summed E-state index contributed by atoms with van der Waals surface area (Å²) in [5.41, 5.74) is 4.54. The van der Waals surface area contributed by atoms with Crippen LogP contribution in [0.15, 0.2) is 12.7 Å². The molecule has 0 aromatic carbocycles. The molecule has 7 N–H and O–H groups in total. The molecule has 0 atom stereocenters. The predicted octanol–water partition coefficient (Wildman–Crippen LogP) is -0.823. The fourth-order valence-corrected chi connectivity index (χ4v) is 0.142. The van der Waals surface area contributed by atoms with Gasteiger partial charge in [-0.15, -0.1) is 0 Å². The quantitative estimate of drug-likeness (QED) is 0.256. The Hall–Kier alpha value is -1.60. The van der Waals surface area contributed by atoms with Crippen LogP contribution >= 0.6 is 0 Å². The molecule has 0 fully saturated rings. The van der Waals surface area contributed by atoms with E-state index >= 15 is 0 Å². The standard InChI is InChI=1S/C3H7NO2.C3H4O2.H4N2/c1-2-6-3(4)5;1-2-3(4)5;1-2/h2H2,1H3,(H2,4,5);2H,1H2,(H,4,5);1-2H2. The molecule has 7 nitrogen and oxygen atoms in total. The average Bonchev–Trinajstić information content (AvgIpc) is 2.09. The largest absolute Gasteiger partial charge is 0.478 e. The Morgan fingerprint density at radius 2 is 1.85 bits per heavy atom. The SMILES string of the molecule is C=CC(=O)O.CCOC(N)=O.NN. The van der Waals surface area contributed by atoms with Gasteiger partial charge in [-0.05, 0) is 6.92 Å². The predicted molar refractivity (Wildman–Crippen MR) is 47.4 cm³/mol. The monoisotopic (exact) mass is 193 g/mol. The lowest BCUT2D eigenvalue weighted by Gasteiger charge is -1.89. The Kier molecular flexibility index (Phi) is 22.6. The number of carboxylic acid groups (broad SMARTS) is 1. The third kappa shape index (κ3) is 63.5. The van der Waals surface area contributed by atoms with Gasteiger partial charge in [0, 0.05) is 6.08 Å². The summed E-state index contributed by atoms with van der Waals surface area (Å²) >= 11 is 0. The molecule has 1 amide bonds. The van der Waals surface area contributed by atoms with Gasteiger partial charge in [0.15, 0.2) is 0 Å². The van der Waals surface area contributed by atoms with E-state index in [9.17, 15) is 9.59 Å². The van der Waals surface area contributed by atoms with Crippen LogP contribution in [-0.4, -0.2) is 23.8 Å². The molecule has 0 radical (unpaired) electrons. The Labute approximate surface area is 76.1 Å². The number of hydrogen-bond donors (Lipinski definition) is 4. The molecule has 78 valence electrons. The van der Waals surface area contributed by atoms with Gasteiger partial charge in [-0.25, -0.2) is 9.59 Å². The van der Waals surface area contributed by atoms with Crippen molar-refractivity contribution in [1.82, 2.24) is 0 Å². The van der Waals surface area contributed by atoms with Gasteiger partial charge in [0.2, 0.25) is 0 Å². The number of rotatable bonds is 2. The third-order valence-corrected chi connectivity index (χ3v) is 0.461. The Bertz CT molecular complexity index is 149. The Morgan fingerprint density at radius 3 is 1.85 bits per heavy atom. The summed E-state index contributed by atoms with van der Waals surface area (Å²) in [6.45, 7) is 5.02. The Morgan fingerprint density at radius 1 is 1.54 bits per heavy atom. The normalized spacial score (nSPS) is 6.38. The number of hydrazine groups is 1. The second-order valence-corrected chi connectivity index (χ2v) is 1.29. The minimum Gasteiger partial charge on any atom is -0.478 e. The van der Waals surface area contributed by atoms with Gasteiger partial charge in [-0.2, -0.15) is 0 Å². The molecular formula is C6H15N3O4. The number of aliphatic carboxylic acids is 1. The molecular weight excluding hydrogens is 178 g/mol. The van der Waals surface area contributed by atoms with Crippen LogP contribution in [0.3, 0.4) is 0 Å². The van der Waals surface area contributed by atoms with E-state index in [4.69, 9.17) is 5.11 Å². The lowest BCUT2D eigenvalue weighted by atomic mass is 10.7. The lowest BCUT2D eigenvalue weighted by Crippen LogP contribution is -2.11. The molecule has 0 heterocycles. The summed E-state index contributed by atoms with van der Waals surface area (Å²) in [6, 6.07) is 0. The minimum atomic E-state index is -0.981. The van der Waals surface area contributed by atoms with E-state index in [0.29, 0.717) is 6.61 Å². The molecule has 0 rings (SSSR count). The number of carbonyl (C=O) groups is 2. The number of nitrogens with two attached hydrogens (primary N) is 3. The van der Waals surface area contributed by atoms with E-state index in [-0.39, 0.29) is 0 Å². The second-order valence-electron chi connectivity index (χ2n) is 1.29. The van der Waals surface area contributed by atoms with Crippen LogP contribution in [0.4, 0.5) is 4.79 Å². The van der Waals surface area contributed by atoms with Crippen molar-refractivity contribution < 1.29 is 19.4 Å². The van der Waals surface area contributed by atoms with Crippen molar-refractivity contribution in [2.75, 3.05) is 6.61 Å². The molecule has 0 aliphatic heterocycles. The molecule has 13 heavy (non-hydrogen) atoms. The first-order chi connectivity index (χ1) is 6.04. The van der Waals surface area contributed by atoms with Gasteiger partial charge in [-0.3, -0.25) is 11.7 Å². The van der Waals surface area contributed by atoms with Crippen LogP contribution in [0, 0.1) is 0 Å².